The molecule has 1 N–H and O–H groups in total. The van der Waals surface area contributed by atoms with Gasteiger partial charge in [0.1, 0.15) is 11.1 Å². The number of amides is 1. The lowest BCUT2D eigenvalue weighted by Crippen LogP contribution is -2.79. The molecule has 1 atom stereocenters. The van der Waals surface area contributed by atoms with Gasteiger partial charge in [-0.1, -0.05) is 13.8 Å². The van der Waals surface area contributed by atoms with Crippen LogP contribution in [-0.2, 0) is 24.3 Å². The van der Waals surface area contributed by atoms with E-state index in [9.17, 15) is 28.1 Å². The number of nitrogens with one attached hydrogen (secondary N) is 1. The Hall–Kier alpha value is -2.53. The van der Waals surface area contributed by atoms with Crippen LogP contribution in [0.5, 0.6) is 0 Å². The number of non-ortho nitro benzene ring substituents is 1. The van der Waals surface area contributed by atoms with Crippen molar-refractivity contribution in [2.24, 2.45) is 5.92 Å². The van der Waals surface area contributed by atoms with E-state index in [-0.39, 0.29) is 29.5 Å². The first kappa shape index (κ1) is 22.8. The lowest BCUT2D eigenvalue weighted by atomic mass is 9.78. The molecule has 1 saturated heterocycles. The number of carbonyl (C=O) groups excluding carboxylic acids is 2. The lowest BCUT2D eigenvalue weighted by molar-refractivity contribution is -0.384. The Morgan fingerprint density at radius 1 is 1.34 bits per heavy atom. The van der Waals surface area contributed by atoms with Crippen molar-refractivity contribution < 1.29 is 27.7 Å². The van der Waals surface area contributed by atoms with Gasteiger partial charge in [0.25, 0.3) is 5.69 Å². The summed E-state index contributed by atoms with van der Waals surface area (Å²) in [6.07, 6.45) is 0.228. The number of ether oxygens (including phenoxy) is 1. The number of carbonyl (C=O) groups is 2. The SMILES string of the molecule is COC(=O)C(C)(C)N1C[C@@](CC(C)C)(NS(=O)(=O)c2ccc([N+](=O)[O-])cc2)C1=O. The summed E-state index contributed by atoms with van der Waals surface area (Å²) in [4.78, 5) is 36.3. The summed E-state index contributed by atoms with van der Waals surface area (Å²) >= 11 is 0. The molecule has 1 aliphatic heterocycles. The highest BCUT2D eigenvalue weighted by Crippen LogP contribution is 2.37. The van der Waals surface area contributed by atoms with Gasteiger partial charge in [-0.2, -0.15) is 4.72 Å². The highest BCUT2D eigenvalue weighted by molar-refractivity contribution is 7.89. The van der Waals surface area contributed by atoms with Crippen molar-refractivity contribution >= 4 is 27.6 Å². The van der Waals surface area contributed by atoms with Crippen molar-refractivity contribution in [3.05, 3.63) is 34.4 Å². The zero-order valence-electron chi connectivity index (χ0n) is 17.0. The van der Waals surface area contributed by atoms with Crippen LogP contribution in [0.3, 0.4) is 0 Å². The second kappa shape index (κ2) is 7.71. The number of methoxy groups -OCH3 is 1. The number of nitrogens with zero attached hydrogens (tertiary/aromatic N) is 2. The Balaban J connectivity index is 2.33. The summed E-state index contributed by atoms with van der Waals surface area (Å²) in [7, 11) is -2.92. The predicted molar refractivity (Wildman–Crippen MR) is 103 cm³/mol. The molecule has 1 fully saturated rings. The van der Waals surface area contributed by atoms with Crippen molar-refractivity contribution in [3.63, 3.8) is 0 Å². The molecular formula is C18H25N3O7S. The molecule has 1 heterocycles. The summed E-state index contributed by atoms with van der Waals surface area (Å²) < 4.78 is 32.9. The fourth-order valence-electron chi connectivity index (χ4n) is 3.42. The number of esters is 1. The zero-order chi connectivity index (χ0) is 22.2. The minimum Gasteiger partial charge on any atom is -0.467 e. The fraction of sp³-hybridized carbons (Fsp3) is 0.556. The van der Waals surface area contributed by atoms with E-state index in [2.05, 4.69) is 4.72 Å². The molecule has 1 aromatic rings. The minimum atomic E-state index is -4.13. The second-order valence-electron chi connectivity index (χ2n) is 7.98. The average molecular weight is 427 g/mol. The normalized spacial score (nSPS) is 19.8. The summed E-state index contributed by atoms with van der Waals surface area (Å²) in [5.41, 5.74) is -2.89. The molecule has 11 heteroatoms. The molecule has 1 amide bonds. The van der Waals surface area contributed by atoms with Gasteiger partial charge in [-0.05, 0) is 38.3 Å². The van der Waals surface area contributed by atoms with Crippen LogP contribution in [0.25, 0.3) is 0 Å². The number of hydrogen-bond acceptors (Lipinski definition) is 7. The molecule has 0 saturated carbocycles. The molecule has 0 aliphatic carbocycles. The third kappa shape index (κ3) is 4.25. The van der Waals surface area contributed by atoms with Crippen molar-refractivity contribution in [1.29, 1.82) is 0 Å². The van der Waals surface area contributed by atoms with Gasteiger partial charge in [0.15, 0.2) is 0 Å². The topological polar surface area (TPSA) is 136 Å². The monoisotopic (exact) mass is 427 g/mol. The van der Waals surface area contributed by atoms with Crippen molar-refractivity contribution in [2.45, 2.75) is 50.1 Å². The molecule has 160 valence electrons. The summed E-state index contributed by atoms with van der Waals surface area (Å²) in [6.45, 7) is 6.76. The molecular weight excluding hydrogens is 402 g/mol. The van der Waals surface area contributed by atoms with E-state index >= 15 is 0 Å². The predicted octanol–water partition coefficient (Wildman–Crippen LogP) is 1.45. The highest BCUT2D eigenvalue weighted by atomic mass is 32.2. The van der Waals surface area contributed by atoms with E-state index in [1.54, 1.807) is 0 Å². The Bertz CT molecular complexity index is 925. The van der Waals surface area contributed by atoms with Crippen LogP contribution < -0.4 is 4.72 Å². The first-order valence-corrected chi connectivity index (χ1v) is 10.4. The van der Waals surface area contributed by atoms with Gasteiger partial charge in [-0.3, -0.25) is 14.9 Å². The van der Waals surface area contributed by atoms with Gasteiger partial charge in [0.05, 0.1) is 23.5 Å². The van der Waals surface area contributed by atoms with Crippen molar-refractivity contribution in [2.75, 3.05) is 13.7 Å². The molecule has 2 rings (SSSR count). The second-order valence-corrected chi connectivity index (χ2v) is 9.66. The number of nitro groups is 1. The van der Waals surface area contributed by atoms with Gasteiger partial charge in [-0.25, -0.2) is 13.2 Å². The van der Waals surface area contributed by atoms with E-state index in [0.717, 1.165) is 24.3 Å². The number of sulfonamides is 1. The molecule has 0 aromatic heterocycles. The standard InChI is InChI=1S/C18H25N3O7S/c1-12(2)10-18(11-20(15(18)22)17(3,4)16(23)28-5)19-29(26,27)14-8-6-13(7-9-14)21(24)25/h6-9,12,19H,10-11H2,1-5H3/t18-/m1/s1. The van der Waals surface area contributed by atoms with Gasteiger partial charge < -0.3 is 9.64 Å². The maximum atomic E-state index is 13.0. The molecule has 0 radical (unpaired) electrons. The van der Waals surface area contributed by atoms with Crippen LogP contribution >= 0.6 is 0 Å². The van der Waals surface area contributed by atoms with E-state index in [4.69, 9.17) is 4.74 Å². The van der Waals surface area contributed by atoms with Crippen LogP contribution in [-0.4, -0.2) is 54.8 Å². The third-order valence-corrected chi connectivity index (χ3v) is 6.44. The van der Waals surface area contributed by atoms with E-state index < -0.39 is 37.9 Å². The fourth-order valence-corrected chi connectivity index (χ4v) is 4.78. The van der Waals surface area contributed by atoms with Gasteiger partial charge in [0.2, 0.25) is 15.9 Å². The summed E-state index contributed by atoms with van der Waals surface area (Å²) in [5.74, 6) is -1.14. The van der Waals surface area contributed by atoms with E-state index in [1.807, 2.05) is 13.8 Å². The van der Waals surface area contributed by atoms with Crippen LogP contribution in [0.4, 0.5) is 5.69 Å². The number of rotatable bonds is 8. The first-order chi connectivity index (χ1) is 13.3. The summed E-state index contributed by atoms with van der Waals surface area (Å²) in [5, 5.41) is 10.8. The van der Waals surface area contributed by atoms with Crippen molar-refractivity contribution in [1.82, 2.24) is 9.62 Å². The Morgan fingerprint density at radius 2 is 1.90 bits per heavy atom. The molecule has 1 aromatic carbocycles. The maximum Gasteiger partial charge on any atom is 0.331 e. The van der Waals surface area contributed by atoms with Crippen LogP contribution in [0.1, 0.15) is 34.1 Å². The first-order valence-electron chi connectivity index (χ1n) is 8.96. The number of likely N-dealkylation sites (tertiary alicyclic amines) is 1. The van der Waals surface area contributed by atoms with E-state index in [0.29, 0.717) is 0 Å². The zero-order valence-corrected chi connectivity index (χ0v) is 17.8. The number of nitro benzene ring substituents is 1. The molecule has 29 heavy (non-hydrogen) atoms. The number of β-lactam (4-membered cyclic amide) rings is 1. The number of benzene rings is 1. The molecule has 0 bridgehead atoms. The highest BCUT2D eigenvalue weighted by Gasteiger charge is 2.60. The van der Waals surface area contributed by atoms with Gasteiger partial charge in [-0.15, -0.1) is 0 Å². The Kier molecular flexibility index (Phi) is 6.05. The number of hydrogen-bond donors (Lipinski definition) is 1. The lowest BCUT2D eigenvalue weighted by Gasteiger charge is -2.54. The van der Waals surface area contributed by atoms with E-state index in [1.165, 1.54) is 25.9 Å². The van der Waals surface area contributed by atoms with Crippen molar-refractivity contribution in [3.8, 4) is 0 Å². The smallest absolute Gasteiger partial charge is 0.331 e. The van der Waals surface area contributed by atoms with Gasteiger partial charge in [0, 0.05) is 12.1 Å². The molecule has 1 aliphatic rings. The van der Waals surface area contributed by atoms with Crippen LogP contribution in [0.15, 0.2) is 29.2 Å². The Labute approximate surface area is 169 Å². The van der Waals surface area contributed by atoms with Crippen LogP contribution in [0, 0.1) is 16.0 Å². The quantitative estimate of drug-likeness (QED) is 0.287. The molecule has 0 unspecified atom stereocenters. The summed E-state index contributed by atoms with van der Waals surface area (Å²) in [6, 6.07) is 4.39. The maximum absolute atomic E-state index is 13.0. The molecule has 10 nitrogen and oxygen atoms in total. The third-order valence-electron chi connectivity index (χ3n) is 4.89. The van der Waals surface area contributed by atoms with Crippen LogP contribution in [0.2, 0.25) is 0 Å². The average Bonchev–Trinajstić information content (AvgIpc) is 2.64. The largest absolute Gasteiger partial charge is 0.467 e. The minimum absolute atomic E-state index is 0.00166. The Morgan fingerprint density at radius 3 is 2.31 bits per heavy atom. The van der Waals surface area contributed by atoms with Gasteiger partial charge >= 0.3 is 5.97 Å². The molecule has 0 spiro atoms.